The van der Waals surface area contributed by atoms with Crippen LogP contribution in [0.15, 0.2) is 4.99 Å². The van der Waals surface area contributed by atoms with Gasteiger partial charge in [0.05, 0.1) is 0 Å². The molecule has 1 unspecified atom stereocenters. The molecule has 0 bridgehead atoms. The molecule has 0 aromatic carbocycles. The Hall–Kier alpha value is -0.770. The molecule has 3 fully saturated rings. The molecule has 1 atom stereocenters. The highest BCUT2D eigenvalue weighted by molar-refractivity contribution is 5.78. The van der Waals surface area contributed by atoms with Crippen LogP contribution in [0.5, 0.6) is 0 Å². The number of ether oxygens (including phenoxy) is 1. The normalized spacial score (nSPS) is 31.7. The predicted molar refractivity (Wildman–Crippen MR) is 77.1 cm³/mol. The summed E-state index contributed by atoms with van der Waals surface area (Å²) in [5.74, 6) is 2.39. The summed E-state index contributed by atoms with van der Waals surface area (Å²) in [7, 11) is 0. The zero-order valence-corrected chi connectivity index (χ0v) is 12.1. The highest BCUT2D eigenvalue weighted by Gasteiger charge is 2.53. The zero-order valence-electron chi connectivity index (χ0n) is 12.1. The minimum absolute atomic E-state index is 0.568. The molecule has 19 heavy (non-hydrogen) atoms. The molecule has 3 rings (SSSR count). The Kier molecular flexibility index (Phi) is 3.70. The van der Waals surface area contributed by atoms with Crippen molar-refractivity contribution in [3.8, 4) is 0 Å². The lowest BCUT2D eigenvalue weighted by Crippen LogP contribution is -2.42. The van der Waals surface area contributed by atoms with E-state index in [4.69, 9.17) is 10.5 Å². The van der Waals surface area contributed by atoms with E-state index in [0.717, 1.165) is 50.6 Å². The lowest BCUT2D eigenvalue weighted by Gasteiger charge is -2.31. The van der Waals surface area contributed by atoms with E-state index in [1.54, 1.807) is 0 Å². The minimum atomic E-state index is 0.568. The van der Waals surface area contributed by atoms with Gasteiger partial charge >= 0.3 is 0 Å². The van der Waals surface area contributed by atoms with E-state index >= 15 is 0 Å². The topological polar surface area (TPSA) is 50.8 Å². The van der Waals surface area contributed by atoms with E-state index < -0.39 is 0 Å². The molecule has 2 heterocycles. The van der Waals surface area contributed by atoms with Gasteiger partial charge in [0, 0.05) is 32.8 Å². The Bertz CT molecular complexity index is 341. The summed E-state index contributed by atoms with van der Waals surface area (Å²) in [6.45, 7) is 7.31. The Labute approximate surface area is 116 Å². The van der Waals surface area contributed by atoms with Crippen LogP contribution in [0.1, 0.15) is 39.0 Å². The summed E-state index contributed by atoms with van der Waals surface area (Å²) in [4.78, 5) is 6.93. The Morgan fingerprint density at radius 1 is 1.32 bits per heavy atom. The molecule has 0 aromatic heterocycles. The van der Waals surface area contributed by atoms with Gasteiger partial charge in [-0.15, -0.1) is 0 Å². The number of hydrogen-bond acceptors (Lipinski definition) is 2. The van der Waals surface area contributed by atoms with Crippen molar-refractivity contribution in [3.05, 3.63) is 0 Å². The van der Waals surface area contributed by atoms with Crippen LogP contribution in [-0.2, 0) is 4.74 Å². The van der Waals surface area contributed by atoms with Gasteiger partial charge in [0.15, 0.2) is 5.96 Å². The Morgan fingerprint density at radius 2 is 2.00 bits per heavy atom. The van der Waals surface area contributed by atoms with E-state index in [-0.39, 0.29) is 0 Å². The van der Waals surface area contributed by atoms with Gasteiger partial charge in [0.2, 0.25) is 0 Å². The summed E-state index contributed by atoms with van der Waals surface area (Å²) >= 11 is 0. The summed E-state index contributed by atoms with van der Waals surface area (Å²) < 4.78 is 5.46. The standard InChI is InChI=1S/C15H27N3O/c1-12-2-6-18(7-3-12)14(16)17-11-13-10-15(13)4-8-19-9-5-15/h12-13H,2-11H2,1H3,(H2,16,17). The Morgan fingerprint density at radius 3 is 2.68 bits per heavy atom. The van der Waals surface area contributed by atoms with E-state index in [2.05, 4.69) is 16.8 Å². The summed E-state index contributed by atoms with van der Waals surface area (Å²) in [6.07, 6.45) is 6.30. The lowest BCUT2D eigenvalue weighted by atomic mass is 9.94. The highest BCUT2D eigenvalue weighted by atomic mass is 16.5. The molecule has 1 spiro atoms. The molecule has 108 valence electrons. The molecule has 4 heteroatoms. The van der Waals surface area contributed by atoms with Crippen LogP contribution in [0.2, 0.25) is 0 Å². The van der Waals surface area contributed by atoms with Gasteiger partial charge < -0.3 is 15.4 Å². The van der Waals surface area contributed by atoms with Crippen molar-refractivity contribution < 1.29 is 4.74 Å². The fourth-order valence-electron chi connectivity index (χ4n) is 3.62. The summed E-state index contributed by atoms with van der Waals surface area (Å²) in [6, 6.07) is 0. The highest BCUT2D eigenvalue weighted by Crippen LogP contribution is 2.59. The van der Waals surface area contributed by atoms with Crippen LogP contribution < -0.4 is 5.73 Å². The van der Waals surface area contributed by atoms with Crippen LogP contribution in [-0.4, -0.2) is 43.7 Å². The molecule has 3 aliphatic rings. The summed E-state index contributed by atoms with van der Waals surface area (Å²) in [5.41, 5.74) is 6.71. The number of rotatable bonds is 2. The first-order chi connectivity index (χ1) is 9.20. The van der Waals surface area contributed by atoms with Crippen LogP contribution in [0.3, 0.4) is 0 Å². The third-order valence-corrected chi connectivity index (χ3v) is 5.43. The SMILES string of the molecule is CC1CCN(C(N)=NCC2CC23CCOCC3)CC1. The second-order valence-electron chi connectivity index (χ2n) is 6.74. The van der Waals surface area contributed by atoms with Gasteiger partial charge in [-0.3, -0.25) is 4.99 Å². The molecule has 2 saturated heterocycles. The smallest absolute Gasteiger partial charge is 0.191 e. The van der Waals surface area contributed by atoms with Crippen molar-refractivity contribution in [3.63, 3.8) is 0 Å². The molecule has 2 aliphatic heterocycles. The van der Waals surface area contributed by atoms with Crippen LogP contribution in [0.25, 0.3) is 0 Å². The quantitative estimate of drug-likeness (QED) is 0.612. The molecule has 1 aliphatic carbocycles. The molecule has 2 N–H and O–H groups in total. The minimum Gasteiger partial charge on any atom is -0.381 e. The van der Waals surface area contributed by atoms with Crippen molar-refractivity contribution >= 4 is 5.96 Å². The molecule has 4 nitrogen and oxygen atoms in total. The van der Waals surface area contributed by atoms with Crippen molar-refractivity contribution in [1.82, 2.24) is 4.90 Å². The number of likely N-dealkylation sites (tertiary alicyclic amines) is 1. The van der Waals surface area contributed by atoms with Crippen molar-refractivity contribution in [2.75, 3.05) is 32.8 Å². The Balaban J connectivity index is 1.47. The van der Waals surface area contributed by atoms with Crippen LogP contribution in [0.4, 0.5) is 0 Å². The van der Waals surface area contributed by atoms with Gasteiger partial charge in [0.25, 0.3) is 0 Å². The third-order valence-electron chi connectivity index (χ3n) is 5.43. The fraction of sp³-hybridized carbons (Fsp3) is 0.933. The maximum Gasteiger partial charge on any atom is 0.191 e. The van der Waals surface area contributed by atoms with Crippen molar-refractivity contribution in [1.29, 1.82) is 0 Å². The van der Waals surface area contributed by atoms with Gasteiger partial charge in [-0.1, -0.05) is 6.92 Å². The molecular formula is C15H27N3O. The molecule has 1 saturated carbocycles. The second kappa shape index (κ2) is 5.31. The van der Waals surface area contributed by atoms with Crippen LogP contribution >= 0.6 is 0 Å². The van der Waals surface area contributed by atoms with Gasteiger partial charge in [-0.2, -0.15) is 0 Å². The average Bonchev–Trinajstić information content (AvgIpc) is 3.10. The number of nitrogens with two attached hydrogens (primary N) is 1. The lowest BCUT2D eigenvalue weighted by molar-refractivity contribution is 0.0525. The molecule has 0 aromatic rings. The van der Waals surface area contributed by atoms with E-state index in [1.807, 2.05) is 0 Å². The predicted octanol–water partition coefficient (Wildman–Crippen LogP) is 1.85. The van der Waals surface area contributed by atoms with Crippen molar-refractivity contribution in [2.45, 2.75) is 39.0 Å². The van der Waals surface area contributed by atoms with Crippen LogP contribution in [0, 0.1) is 17.3 Å². The molecule has 0 amide bonds. The van der Waals surface area contributed by atoms with E-state index in [9.17, 15) is 0 Å². The van der Waals surface area contributed by atoms with E-state index in [0.29, 0.717) is 5.41 Å². The third kappa shape index (κ3) is 2.88. The average molecular weight is 265 g/mol. The first kappa shape index (κ1) is 13.2. The van der Waals surface area contributed by atoms with Crippen molar-refractivity contribution in [2.24, 2.45) is 28.0 Å². The maximum atomic E-state index is 6.14. The maximum absolute atomic E-state index is 6.14. The fourth-order valence-corrected chi connectivity index (χ4v) is 3.62. The first-order valence-corrected chi connectivity index (χ1v) is 7.82. The number of guanidine groups is 1. The first-order valence-electron chi connectivity index (χ1n) is 7.82. The summed E-state index contributed by atoms with van der Waals surface area (Å²) in [5, 5.41) is 0. The molecular weight excluding hydrogens is 238 g/mol. The number of aliphatic imine (C=N–C) groups is 1. The van der Waals surface area contributed by atoms with Gasteiger partial charge in [0.1, 0.15) is 0 Å². The van der Waals surface area contributed by atoms with E-state index in [1.165, 1.54) is 32.1 Å². The number of hydrogen-bond donors (Lipinski definition) is 1. The number of piperidine rings is 1. The monoisotopic (exact) mass is 265 g/mol. The largest absolute Gasteiger partial charge is 0.381 e. The second-order valence-corrected chi connectivity index (χ2v) is 6.74. The van der Waals surface area contributed by atoms with Gasteiger partial charge in [-0.25, -0.2) is 0 Å². The van der Waals surface area contributed by atoms with Gasteiger partial charge in [-0.05, 0) is 49.4 Å². The zero-order chi connectivity index (χ0) is 13.3. The molecule has 0 radical (unpaired) electrons. The number of nitrogens with zero attached hydrogens (tertiary/aromatic N) is 2.